The molecule has 0 heterocycles. The summed E-state index contributed by atoms with van der Waals surface area (Å²) in [4.78, 5) is 10.3. The Morgan fingerprint density at radius 1 is 1.22 bits per heavy atom. The zero-order chi connectivity index (χ0) is 6.41. The van der Waals surface area contributed by atoms with Crippen LogP contribution in [0.25, 0.3) is 0 Å². The van der Waals surface area contributed by atoms with Crippen molar-refractivity contribution in [3.8, 4) is 0 Å². The van der Waals surface area contributed by atoms with Crippen molar-refractivity contribution in [1.29, 1.82) is 0 Å². The average Bonchev–Trinajstić information content (AvgIpc) is 1.68. The quantitative estimate of drug-likeness (QED) is 0.356. The predicted octanol–water partition coefficient (Wildman–Crippen LogP) is -2.35. The van der Waals surface area contributed by atoms with Crippen molar-refractivity contribution in [3.05, 3.63) is 0 Å². The van der Waals surface area contributed by atoms with Gasteiger partial charge in [0, 0.05) is 13.2 Å². The van der Waals surface area contributed by atoms with Gasteiger partial charge >= 0.3 is 51.4 Å². The Bertz CT molecular complexity index is 49.1. The molecule has 50 valence electrons. The second kappa shape index (κ2) is 9.95. The number of hydrogen-bond acceptors (Lipinski definition) is 3. The largest absolute Gasteiger partial charge is 1.00 e. The van der Waals surface area contributed by atoms with Crippen molar-refractivity contribution < 1.29 is 65.3 Å². The van der Waals surface area contributed by atoms with E-state index in [2.05, 4.69) is 9.05 Å². The molecule has 0 aromatic rings. The fraction of sp³-hybridized carbons (Fsp3) is 1.00. The van der Waals surface area contributed by atoms with Gasteiger partial charge in [0.2, 0.25) is 0 Å². The van der Waals surface area contributed by atoms with Crippen molar-refractivity contribution in [2.75, 3.05) is 13.2 Å². The van der Waals surface area contributed by atoms with E-state index in [-0.39, 0.29) is 51.4 Å². The minimum atomic E-state index is -1.83. The summed E-state index contributed by atoms with van der Waals surface area (Å²) in [6, 6.07) is 0. The van der Waals surface area contributed by atoms with Crippen LogP contribution in [-0.4, -0.2) is 13.2 Å². The van der Waals surface area contributed by atoms with Crippen LogP contribution in [0.1, 0.15) is 13.8 Å². The topological polar surface area (TPSA) is 41.5 Å². The molecule has 0 aromatic carbocycles. The van der Waals surface area contributed by atoms with E-state index in [0.717, 1.165) is 0 Å². The van der Waals surface area contributed by atoms with Crippen LogP contribution in [0.4, 0.5) is 0 Å². The molecule has 0 aromatic heterocycles. The minimum absolute atomic E-state index is 0. The Morgan fingerprint density at radius 2 is 1.56 bits per heavy atom. The monoisotopic (exact) mass is 176 g/mol. The summed E-state index contributed by atoms with van der Waals surface area (Å²) in [6.45, 7) is 4.42. The molecule has 0 rings (SSSR count). The first-order chi connectivity index (χ1) is 3.81. The van der Waals surface area contributed by atoms with Gasteiger partial charge in [-0.1, -0.05) is 0 Å². The fourth-order valence-corrected chi connectivity index (χ4v) is 0.744. The molecule has 0 atom stereocenters. The van der Waals surface area contributed by atoms with Gasteiger partial charge in [-0.2, -0.15) is 0 Å². The molecule has 9 heavy (non-hydrogen) atoms. The summed E-state index contributed by atoms with van der Waals surface area (Å²) in [6.07, 6.45) is 0. The molecule has 0 saturated heterocycles. The minimum Gasteiger partial charge on any atom is -0.786 e. The molecule has 0 aliphatic carbocycles. The van der Waals surface area contributed by atoms with Crippen molar-refractivity contribution in [1.82, 2.24) is 0 Å². The van der Waals surface area contributed by atoms with Crippen molar-refractivity contribution >= 4 is 8.60 Å². The van der Waals surface area contributed by atoms with Crippen molar-refractivity contribution in [2.24, 2.45) is 0 Å². The van der Waals surface area contributed by atoms with Crippen molar-refractivity contribution in [2.45, 2.75) is 13.8 Å². The van der Waals surface area contributed by atoms with Gasteiger partial charge in [0.1, 0.15) is 0 Å². The third-order valence-corrected chi connectivity index (χ3v) is 1.41. The van der Waals surface area contributed by atoms with Gasteiger partial charge in [0.05, 0.1) is 8.60 Å². The first-order valence-electron chi connectivity index (χ1n) is 2.54. The normalized spacial score (nSPS) is 9.33. The Balaban J connectivity index is 0. The standard InChI is InChI=1S/C4H10O3P.K/c1-3-6-8(5)7-4-2;/h3-4H2,1-2H3;/q-1;+1. The molecule has 0 N–H and O–H groups in total. The van der Waals surface area contributed by atoms with Gasteiger partial charge in [-0.15, -0.1) is 0 Å². The number of hydrogen-bond donors (Lipinski definition) is 0. The smallest absolute Gasteiger partial charge is 0.786 e. The molecule has 0 amide bonds. The molecule has 0 saturated carbocycles. The molecule has 5 heteroatoms. The third-order valence-electron chi connectivity index (χ3n) is 0.469. The van der Waals surface area contributed by atoms with Crippen LogP contribution in [0.5, 0.6) is 0 Å². The molecule has 0 bridgehead atoms. The van der Waals surface area contributed by atoms with E-state index >= 15 is 0 Å². The van der Waals surface area contributed by atoms with E-state index in [0.29, 0.717) is 13.2 Å². The summed E-state index contributed by atoms with van der Waals surface area (Å²) >= 11 is 0. The van der Waals surface area contributed by atoms with Crippen LogP contribution in [-0.2, 0) is 9.05 Å². The van der Waals surface area contributed by atoms with Crippen LogP contribution >= 0.6 is 8.60 Å². The maximum absolute atomic E-state index is 10.3. The average molecular weight is 176 g/mol. The predicted molar refractivity (Wildman–Crippen MR) is 30.2 cm³/mol. The van der Waals surface area contributed by atoms with E-state index < -0.39 is 8.60 Å². The molecule has 0 aliphatic heterocycles. The van der Waals surface area contributed by atoms with Gasteiger partial charge in [-0.05, 0) is 13.8 Å². The number of rotatable bonds is 4. The van der Waals surface area contributed by atoms with E-state index in [1.165, 1.54) is 0 Å². The van der Waals surface area contributed by atoms with E-state index in [4.69, 9.17) is 0 Å². The second-order valence-electron chi connectivity index (χ2n) is 1.06. The maximum Gasteiger partial charge on any atom is 1.00 e. The van der Waals surface area contributed by atoms with Crippen molar-refractivity contribution in [3.63, 3.8) is 0 Å². The summed E-state index contributed by atoms with van der Waals surface area (Å²) in [7, 11) is -1.83. The molecule has 0 spiro atoms. The van der Waals surface area contributed by atoms with Crippen LogP contribution in [0.2, 0.25) is 0 Å². The summed E-state index contributed by atoms with van der Waals surface area (Å²) in [5, 5.41) is 0. The zero-order valence-electron chi connectivity index (χ0n) is 6.09. The van der Waals surface area contributed by atoms with Crippen LogP contribution in [0.15, 0.2) is 0 Å². The van der Waals surface area contributed by atoms with E-state index in [9.17, 15) is 4.89 Å². The first kappa shape index (κ1) is 13.5. The summed E-state index contributed by atoms with van der Waals surface area (Å²) in [5.41, 5.74) is 0. The SMILES string of the molecule is CCOP([O-])OCC.[K+]. The third kappa shape index (κ3) is 9.95. The molecule has 3 nitrogen and oxygen atoms in total. The molecular formula is C4H10KO3P. The van der Waals surface area contributed by atoms with E-state index in [1.54, 1.807) is 13.8 Å². The zero-order valence-corrected chi connectivity index (χ0v) is 10.1. The Labute approximate surface area is 99.5 Å². The maximum atomic E-state index is 10.3. The molecule has 0 aliphatic rings. The van der Waals surface area contributed by atoms with Gasteiger partial charge in [0.25, 0.3) is 0 Å². The molecule has 0 radical (unpaired) electrons. The van der Waals surface area contributed by atoms with Gasteiger partial charge in [-0.3, -0.25) is 0 Å². The van der Waals surface area contributed by atoms with Crippen LogP contribution in [0, 0.1) is 0 Å². The van der Waals surface area contributed by atoms with Crippen LogP contribution in [0.3, 0.4) is 0 Å². The Morgan fingerprint density at radius 3 is 1.78 bits per heavy atom. The van der Waals surface area contributed by atoms with Gasteiger partial charge < -0.3 is 13.9 Å². The fourth-order valence-electron chi connectivity index (χ4n) is 0.248. The van der Waals surface area contributed by atoms with Gasteiger partial charge in [0.15, 0.2) is 0 Å². The summed E-state index contributed by atoms with van der Waals surface area (Å²) < 4.78 is 9.14. The Hall–Kier alpha value is 1.95. The summed E-state index contributed by atoms with van der Waals surface area (Å²) in [5.74, 6) is 0. The second-order valence-corrected chi connectivity index (χ2v) is 2.02. The molecular weight excluding hydrogens is 166 g/mol. The molecule has 0 fully saturated rings. The Kier molecular flexibility index (Phi) is 15.0. The first-order valence-corrected chi connectivity index (χ1v) is 3.63. The van der Waals surface area contributed by atoms with E-state index in [1.807, 2.05) is 0 Å². The molecule has 0 unspecified atom stereocenters. The van der Waals surface area contributed by atoms with Crippen LogP contribution < -0.4 is 56.3 Å². The van der Waals surface area contributed by atoms with Gasteiger partial charge in [-0.25, -0.2) is 0 Å².